The van der Waals surface area contributed by atoms with Crippen LogP contribution in [-0.4, -0.2) is 25.8 Å². The van der Waals surface area contributed by atoms with Crippen molar-refractivity contribution in [3.05, 3.63) is 71.0 Å². The molecule has 0 atom stereocenters. The quantitative estimate of drug-likeness (QED) is 0.608. The van der Waals surface area contributed by atoms with Crippen molar-refractivity contribution >= 4 is 29.5 Å². The normalized spacial score (nSPS) is 10.8. The Morgan fingerprint density at radius 3 is 2.50 bits per heavy atom. The minimum atomic E-state index is -0.908. The van der Waals surface area contributed by atoms with Crippen molar-refractivity contribution in [1.29, 1.82) is 0 Å². The molecule has 1 N–H and O–H groups in total. The summed E-state index contributed by atoms with van der Waals surface area (Å²) < 4.78 is 1.97. The SMILES string of the molecule is Cc1ccc(SCc2nnc(SCc3ccccc3C(=O)O)n2C)cc1. The summed E-state index contributed by atoms with van der Waals surface area (Å²) in [7, 11) is 1.94. The van der Waals surface area contributed by atoms with Gasteiger partial charge in [0.2, 0.25) is 0 Å². The number of hydrogen-bond acceptors (Lipinski definition) is 5. The molecule has 3 rings (SSSR count). The van der Waals surface area contributed by atoms with Crippen molar-refractivity contribution in [2.75, 3.05) is 0 Å². The Morgan fingerprint density at radius 1 is 1.04 bits per heavy atom. The number of carbonyl (C=O) groups is 1. The molecule has 0 bridgehead atoms. The first-order chi connectivity index (χ1) is 12.5. The highest BCUT2D eigenvalue weighted by Crippen LogP contribution is 2.26. The zero-order chi connectivity index (χ0) is 18.5. The number of nitrogens with zero attached hydrogens (tertiary/aromatic N) is 3. The van der Waals surface area contributed by atoms with Gasteiger partial charge in [-0.1, -0.05) is 47.7 Å². The van der Waals surface area contributed by atoms with Gasteiger partial charge in [0.15, 0.2) is 5.16 Å². The first kappa shape index (κ1) is 18.5. The van der Waals surface area contributed by atoms with Gasteiger partial charge in [0.05, 0.1) is 11.3 Å². The van der Waals surface area contributed by atoms with Gasteiger partial charge in [0.1, 0.15) is 5.82 Å². The van der Waals surface area contributed by atoms with Crippen LogP contribution in [0, 0.1) is 6.92 Å². The number of carboxylic acid groups (broad SMARTS) is 1. The summed E-state index contributed by atoms with van der Waals surface area (Å²) in [4.78, 5) is 12.5. The largest absolute Gasteiger partial charge is 0.478 e. The monoisotopic (exact) mass is 385 g/mol. The highest BCUT2D eigenvalue weighted by molar-refractivity contribution is 7.98. The zero-order valence-electron chi connectivity index (χ0n) is 14.5. The Kier molecular flexibility index (Phi) is 6.00. The molecular formula is C19H19N3O2S2. The molecular weight excluding hydrogens is 366 g/mol. The highest BCUT2D eigenvalue weighted by Gasteiger charge is 2.13. The van der Waals surface area contributed by atoms with Crippen LogP contribution in [0.25, 0.3) is 0 Å². The summed E-state index contributed by atoms with van der Waals surface area (Å²) in [6.45, 7) is 2.07. The summed E-state index contributed by atoms with van der Waals surface area (Å²) in [5, 5.41) is 18.6. The number of aromatic carboxylic acids is 1. The molecule has 0 spiro atoms. The molecule has 0 aliphatic rings. The van der Waals surface area contributed by atoms with Crippen LogP contribution in [0.3, 0.4) is 0 Å². The fraction of sp³-hybridized carbons (Fsp3) is 0.211. The minimum absolute atomic E-state index is 0.331. The van der Waals surface area contributed by atoms with E-state index in [0.29, 0.717) is 11.3 Å². The topological polar surface area (TPSA) is 68.0 Å². The summed E-state index contributed by atoms with van der Waals surface area (Å²) in [5.41, 5.74) is 2.36. The number of carboxylic acids is 1. The van der Waals surface area contributed by atoms with Crippen molar-refractivity contribution in [3.8, 4) is 0 Å². The first-order valence-electron chi connectivity index (χ1n) is 8.06. The van der Waals surface area contributed by atoms with Crippen molar-refractivity contribution in [2.45, 2.75) is 28.5 Å². The van der Waals surface area contributed by atoms with Gasteiger partial charge in [-0.2, -0.15) is 0 Å². The maximum atomic E-state index is 11.3. The Bertz CT molecular complexity index is 907. The van der Waals surface area contributed by atoms with E-state index in [4.69, 9.17) is 0 Å². The van der Waals surface area contributed by atoms with Crippen molar-refractivity contribution in [2.24, 2.45) is 7.05 Å². The molecule has 0 radical (unpaired) electrons. The number of benzene rings is 2. The van der Waals surface area contributed by atoms with Crippen LogP contribution in [0.1, 0.15) is 27.3 Å². The Balaban J connectivity index is 1.64. The minimum Gasteiger partial charge on any atom is -0.478 e. The van der Waals surface area contributed by atoms with Gasteiger partial charge in [-0.3, -0.25) is 0 Å². The molecule has 3 aromatic rings. The maximum absolute atomic E-state index is 11.3. The lowest BCUT2D eigenvalue weighted by Gasteiger charge is -2.06. The maximum Gasteiger partial charge on any atom is 0.335 e. The Labute approximate surface area is 160 Å². The number of hydrogen-bond donors (Lipinski definition) is 1. The molecule has 26 heavy (non-hydrogen) atoms. The molecule has 0 saturated carbocycles. The fourth-order valence-corrected chi connectivity index (χ4v) is 4.19. The second kappa shape index (κ2) is 8.42. The molecule has 7 heteroatoms. The molecule has 0 saturated heterocycles. The van der Waals surface area contributed by atoms with Crippen LogP contribution in [-0.2, 0) is 18.6 Å². The van der Waals surface area contributed by atoms with Crippen LogP contribution >= 0.6 is 23.5 Å². The van der Waals surface area contributed by atoms with E-state index in [1.54, 1.807) is 23.9 Å². The lowest BCUT2D eigenvalue weighted by Crippen LogP contribution is -2.02. The Morgan fingerprint density at radius 2 is 1.77 bits per heavy atom. The number of thioether (sulfide) groups is 2. The summed E-state index contributed by atoms with van der Waals surface area (Å²) in [5.74, 6) is 1.26. The van der Waals surface area contributed by atoms with E-state index in [0.717, 1.165) is 22.3 Å². The lowest BCUT2D eigenvalue weighted by atomic mass is 10.1. The van der Waals surface area contributed by atoms with Crippen LogP contribution in [0.5, 0.6) is 0 Å². The van der Waals surface area contributed by atoms with E-state index in [-0.39, 0.29) is 0 Å². The van der Waals surface area contributed by atoms with Crippen molar-refractivity contribution in [1.82, 2.24) is 14.8 Å². The van der Waals surface area contributed by atoms with Gasteiger partial charge in [-0.15, -0.1) is 22.0 Å². The third kappa shape index (κ3) is 4.47. The number of rotatable bonds is 7. The van der Waals surface area contributed by atoms with E-state index in [9.17, 15) is 9.90 Å². The molecule has 5 nitrogen and oxygen atoms in total. The molecule has 0 aliphatic heterocycles. The van der Waals surface area contributed by atoms with Crippen molar-refractivity contribution < 1.29 is 9.90 Å². The molecule has 0 unspecified atom stereocenters. The molecule has 0 aliphatic carbocycles. The predicted octanol–water partition coefficient (Wildman–Crippen LogP) is 4.41. The fourth-order valence-electron chi connectivity index (χ4n) is 2.38. The van der Waals surface area contributed by atoms with Crippen molar-refractivity contribution in [3.63, 3.8) is 0 Å². The van der Waals surface area contributed by atoms with Gasteiger partial charge in [-0.05, 0) is 30.7 Å². The second-order valence-electron chi connectivity index (χ2n) is 5.81. The third-order valence-electron chi connectivity index (χ3n) is 3.92. The molecule has 2 aromatic carbocycles. The van der Waals surface area contributed by atoms with E-state index >= 15 is 0 Å². The zero-order valence-corrected chi connectivity index (χ0v) is 16.2. The van der Waals surface area contributed by atoms with E-state index < -0.39 is 5.97 Å². The average molecular weight is 386 g/mol. The van der Waals surface area contributed by atoms with E-state index in [1.807, 2.05) is 23.7 Å². The first-order valence-corrected chi connectivity index (χ1v) is 10.0. The van der Waals surface area contributed by atoms with Crippen LogP contribution in [0.2, 0.25) is 0 Å². The van der Waals surface area contributed by atoms with Gasteiger partial charge >= 0.3 is 5.97 Å². The highest BCUT2D eigenvalue weighted by atomic mass is 32.2. The van der Waals surface area contributed by atoms with Crippen LogP contribution in [0.4, 0.5) is 0 Å². The second-order valence-corrected chi connectivity index (χ2v) is 7.80. The molecule has 1 aromatic heterocycles. The summed E-state index contributed by atoms with van der Waals surface area (Å²) >= 11 is 3.21. The lowest BCUT2D eigenvalue weighted by molar-refractivity contribution is 0.0696. The number of aromatic nitrogens is 3. The summed E-state index contributed by atoms with van der Waals surface area (Å²) in [6, 6.07) is 15.5. The van der Waals surface area contributed by atoms with E-state index in [1.165, 1.54) is 22.2 Å². The van der Waals surface area contributed by atoms with Crippen LogP contribution in [0.15, 0.2) is 58.6 Å². The third-order valence-corrected chi connectivity index (χ3v) is 6.00. The van der Waals surface area contributed by atoms with Gasteiger partial charge in [0.25, 0.3) is 0 Å². The van der Waals surface area contributed by atoms with Crippen LogP contribution < -0.4 is 0 Å². The van der Waals surface area contributed by atoms with Gasteiger partial charge in [0, 0.05) is 17.7 Å². The predicted molar refractivity (Wildman–Crippen MR) is 105 cm³/mol. The number of aryl methyl sites for hydroxylation is 1. The standard InChI is InChI=1S/C19H19N3O2S2/c1-13-7-9-15(10-8-13)25-12-17-20-21-19(22(17)2)26-11-14-5-3-4-6-16(14)18(23)24/h3-10H,11-12H2,1-2H3,(H,23,24). The molecule has 0 fully saturated rings. The van der Waals surface area contributed by atoms with E-state index in [2.05, 4.69) is 41.4 Å². The summed E-state index contributed by atoms with van der Waals surface area (Å²) in [6.07, 6.45) is 0. The molecule has 0 amide bonds. The Hall–Kier alpha value is -2.25. The van der Waals surface area contributed by atoms with Gasteiger partial charge < -0.3 is 9.67 Å². The smallest absolute Gasteiger partial charge is 0.335 e. The molecule has 1 heterocycles. The molecule has 134 valence electrons. The average Bonchev–Trinajstić information content (AvgIpc) is 2.99. The van der Waals surface area contributed by atoms with Gasteiger partial charge in [-0.25, -0.2) is 4.79 Å².